The monoisotopic (exact) mass is 500 g/mol. The molecule has 0 saturated carbocycles. The number of ether oxygens (including phenoxy) is 2. The van der Waals surface area contributed by atoms with Gasteiger partial charge >= 0.3 is 6.01 Å². The lowest BCUT2D eigenvalue weighted by molar-refractivity contribution is 0.102. The molecule has 35 heavy (non-hydrogen) atoms. The highest BCUT2D eigenvalue weighted by atomic mass is 32.2. The Kier molecular flexibility index (Phi) is 7.08. The van der Waals surface area contributed by atoms with Crippen LogP contribution in [0.3, 0.4) is 0 Å². The van der Waals surface area contributed by atoms with Crippen LogP contribution in [0.25, 0.3) is 11.5 Å². The maximum absolute atomic E-state index is 13.1. The molecule has 0 bridgehead atoms. The van der Waals surface area contributed by atoms with Crippen LogP contribution in [0.15, 0.2) is 51.8 Å². The molecule has 1 aromatic heterocycles. The predicted octanol–water partition coefficient (Wildman–Crippen LogP) is 3.67. The van der Waals surface area contributed by atoms with Crippen molar-refractivity contribution >= 4 is 21.9 Å². The molecular formula is C24H28N4O6S. The molecule has 1 N–H and O–H groups in total. The van der Waals surface area contributed by atoms with Crippen molar-refractivity contribution in [2.75, 3.05) is 32.6 Å². The maximum Gasteiger partial charge on any atom is 0.322 e. The largest absolute Gasteiger partial charge is 0.493 e. The van der Waals surface area contributed by atoms with Crippen molar-refractivity contribution in [3.05, 3.63) is 48.0 Å². The second kappa shape index (κ2) is 10.0. The summed E-state index contributed by atoms with van der Waals surface area (Å²) < 4.78 is 43.9. The normalized spacial score (nSPS) is 18.7. The number of para-hydroxylation sites is 1. The van der Waals surface area contributed by atoms with Gasteiger partial charge in [0.05, 0.1) is 24.7 Å². The first-order valence-electron chi connectivity index (χ1n) is 11.2. The summed E-state index contributed by atoms with van der Waals surface area (Å²) >= 11 is 0. The second-order valence-corrected chi connectivity index (χ2v) is 10.6. The molecule has 2 atom stereocenters. The summed E-state index contributed by atoms with van der Waals surface area (Å²) in [4.78, 5) is 12.8. The quantitative estimate of drug-likeness (QED) is 0.521. The Balaban J connectivity index is 1.48. The summed E-state index contributed by atoms with van der Waals surface area (Å²) in [5.41, 5.74) is 0.763. The summed E-state index contributed by atoms with van der Waals surface area (Å²) in [6.07, 6.45) is 1.01. The summed E-state index contributed by atoms with van der Waals surface area (Å²) in [7, 11) is -0.615. The van der Waals surface area contributed by atoms with Crippen LogP contribution in [0.5, 0.6) is 11.5 Å². The zero-order chi connectivity index (χ0) is 25.2. The number of carbonyl (C=O) groups is 1. The van der Waals surface area contributed by atoms with Crippen LogP contribution in [-0.4, -0.2) is 56.1 Å². The molecule has 0 spiro atoms. The molecule has 2 heterocycles. The molecule has 1 aliphatic rings. The number of sulfonamides is 1. The molecule has 2 unspecified atom stereocenters. The standard InChI is InChI=1S/C24H28N4O6S/c1-15-12-16(2)14-28(13-15)35(30,31)18-10-8-17(9-11-18)22(29)25-24-27-26-23(34-24)19-6-5-7-20(32-3)21(19)33-4/h5-11,15-16H,12-14H2,1-4H3,(H,25,27,29). The second-order valence-electron chi connectivity index (χ2n) is 8.70. The smallest absolute Gasteiger partial charge is 0.322 e. The van der Waals surface area contributed by atoms with Gasteiger partial charge in [-0.15, -0.1) is 5.10 Å². The Hall–Kier alpha value is -3.44. The molecule has 4 rings (SSSR count). The SMILES string of the molecule is COc1cccc(-c2nnc(NC(=O)c3ccc(S(=O)(=O)N4CC(C)CC(C)C4)cc3)o2)c1OC. The third kappa shape index (κ3) is 5.15. The molecule has 2 aromatic carbocycles. The lowest BCUT2D eigenvalue weighted by Gasteiger charge is -2.34. The fourth-order valence-electron chi connectivity index (χ4n) is 4.34. The number of methoxy groups -OCH3 is 2. The van der Waals surface area contributed by atoms with E-state index >= 15 is 0 Å². The molecule has 10 nitrogen and oxygen atoms in total. The van der Waals surface area contributed by atoms with Gasteiger partial charge in [0.1, 0.15) is 0 Å². The first-order chi connectivity index (χ1) is 16.7. The van der Waals surface area contributed by atoms with Crippen LogP contribution in [0.1, 0.15) is 30.6 Å². The average molecular weight is 501 g/mol. The predicted molar refractivity (Wildman–Crippen MR) is 129 cm³/mol. The minimum Gasteiger partial charge on any atom is -0.493 e. The molecule has 3 aromatic rings. The highest BCUT2D eigenvalue weighted by Crippen LogP contribution is 2.37. The van der Waals surface area contributed by atoms with Gasteiger partial charge in [-0.25, -0.2) is 8.42 Å². The molecule has 1 aliphatic heterocycles. The van der Waals surface area contributed by atoms with E-state index in [2.05, 4.69) is 29.4 Å². The molecule has 1 amide bonds. The van der Waals surface area contributed by atoms with E-state index in [1.54, 1.807) is 18.2 Å². The number of hydrogen-bond donors (Lipinski definition) is 1. The summed E-state index contributed by atoms with van der Waals surface area (Å²) in [6.45, 7) is 5.09. The number of benzene rings is 2. The molecule has 1 saturated heterocycles. The van der Waals surface area contributed by atoms with Crippen molar-refractivity contribution in [3.8, 4) is 23.0 Å². The number of aromatic nitrogens is 2. The van der Waals surface area contributed by atoms with Gasteiger partial charge in [0.2, 0.25) is 10.0 Å². The number of amides is 1. The molecule has 1 fully saturated rings. The third-order valence-corrected chi connectivity index (χ3v) is 7.71. The zero-order valence-corrected chi connectivity index (χ0v) is 20.8. The number of rotatable bonds is 7. The van der Waals surface area contributed by atoms with Crippen LogP contribution in [0.2, 0.25) is 0 Å². The molecule has 186 valence electrons. The van der Waals surface area contributed by atoms with E-state index in [4.69, 9.17) is 13.9 Å². The van der Waals surface area contributed by atoms with E-state index in [-0.39, 0.29) is 22.4 Å². The first kappa shape index (κ1) is 24.7. The number of carbonyl (C=O) groups excluding carboxylic acids is 1. The van der Waals surface area contributed by atoms with Gasteiger partial charge in [0.25, 0.3) is 11.8 Å². The van der Waals surface area contributed by atoms with Crippen molar-refractivity contribution in [2.24, 2.45) is 11.8 Å². The van der Waals surface area contributed by atoms with E-state index in [1.807, 2.05) is 0 Å². The molecule has 11 heteroatoms. The molecule has 0 aliphatic carbocycles. The van der Waals surface area contributed by atoms with Crippen LogP contribution in [-0.2, 0) is 10.0 Å². The lowest BCUT2D eigenvalue weighted by atomic mass is 9.94. The Morgan fingerprint density at radius 1 is 1.03 bits per heavy atom. The van der Waals surface area contributed by atoms with Crippen molar-refractivity contribution in [2.45, 2.75) is 25.2 Å². The fourth-order valence-corrected chi connectivity index (χ4v) is 6.02. The van der Waals surface area contributed by atoms with Crippen molar-refractivity contribution in [3.63, 3.8) is 0 Å². The Bertz CT molecular complexity index is 1300. The van der Waals surface area contributed by atoms with Crippen molar-refractivity contribution in [1.82, 2.24) is 14.5 Å². The van der Waals surface area contributed by atoms with Gasteiger partial charge in [-0.05, 0) is 54.7 Å². The summed E-state index contributed by atoms with van der Waals surface area (Å²) in [5.74, 6) is 1.15. The topological polar surface area (TPSA) is 124 Å². The zero-order valence-electron chi connectivity index (χ0n) is 20.0. The molecular weight excluding hydrogens is 472 g/mol. The fraction of sp³-hybridized carbons (Fsp3) is 0.375. The van der Waals surface area contributed by atoms with E-state index in [9.17, 15) is 13.2 Å². The van der Waals surface area contributed by atoms with Crippen LogP contribution in [0, 0.1) is 11.8 Å². The molecule has 0 radical (unpaired) electrons. The Labute approximate surface area is 204 Å². The van der Waals surface area contributed by atoms with E-state index < -0.39 is 15.9 Å². The summed E-state index contributed by atoms with van der Waals surface area (Å²) in [6, 6.07) is 10.9. The Morgan fingerprint density at radius 2 is 1.71 bits per heavy atom. The number of anilines is 1. The number of nitrogens with one attached hydrogen (secondary N) is 1. The minimum absolute atomic E-state index is 0.108. The minimum atomic E-state index is -3.63. The van der Waals surface area contributed by atoms with Crippen LogP contribution in [0.4, 0.5) is 6.01 Å². The Morgan fingerprint density at radius 3 is 2.34 bits per heavy atom. The average Bonchev–Trinajstić information content (AvgIpc) is 3.31. The van der Waals surface area contributed by atoms with E-state index in [0.717, 1.165) is 6.42 Å². The van der Waals surface area contributed by atoms with Crippen LogP contribution >= 0.6 is 0 Å². The van der Waals surface area contributed by atoms with Gasteiger partial charge in [-0.1, -0.05) is 25.0 Å². The van der Waals surface area contributed by atoms with Crippen molar-refractivity contribution in [1.29, 1.82) is 0 Å². The number of hydrogen-bond acceptors (Lipinski definition) is 8. The lowest BCUT2D eigenvalue weighted by Crippen LogP contribution is -2.42. The third-order valence-electron chi connectivity index (χ3n) is 5.87. The van der Waals surface area contributed by atoms with Gasteiger partial charge < -0.3 is 13.9 Å². The van der Waals surface area contributed by atoms with E-state index in [1.165, 1.54) is 42.8 Å². The first-order valence-corrected chi connectivity index (χ1v) is 12.6. The number of nitrogens with zero attached hydrogens (tertiary/aromatic N) is 3. The van der Waals surface area contributed by atoms with Crippen molar-refractivity contribution < 1.29 is 27.1 Å². The number of piperidine rings is 1. The van der Waals surface area contributed by atoms with Crippen LogP contribution < -0.4 is 14.8 Å². The van der Waals surface area contributed by atoms with Gasteiger partial charge in [-0.3, -0.25) is 10.1 Å². The highest BCUT2D eigenvalue weighted by molar-refractivity contribution is 7.89. The van der Waals surface area contributed by atoms with E-state index in [0.29, 0.717) is 42.0 Å². The maximum atomic E-state index is 13.1. The van der Waals surface area contributed by atoms with Gasteiger partial charge in [-0.2, -0.15) is 4.31 Å². The summed E-state index contributed by atoms with van der Waals surface area (Å²) in [5, 5.41) is 10.4. The van der Waals surface area contributed by atoms with Gasteiger partial charge in [0, 0.05) is 18.7 Å². The highest BCUT2D eigenvalue weighted by Gasteiger charge is 2.31. The van der Waals surface area contributed by atoms with Gasteiger partial charge in [0.15, 0.2) is 11.5 Å².